The van der Waals surface area contributed by atoms with Crippen molar-refractivity contribution in [2.75, 3.05) is 5.32 Å². The number of nitrogens with zero attached hydrogens (tertiary/aromatic N) is 5. The molecule has 0 amide bonds. The van der Waals surface area contributed by atoms with Gasteiger partial charge in [-0.2, -0.15) is 5.26 Å². The van der Waals surface area contributed by atoms with Gasteiger partial charge in [-0.05, 0) is 36.8 Å². The summed E-state index contributed by atoms with van der Waals surface area (Å²) in [7, 11) is 0. The van der Waals surface area contributed by atoms with Crippen molar-refractivity contribution in [3.8, 4) is 17.5 Å². The molecule has 0 fully saturated rings. The number of benzene rings is 1. The summed E-state index contributed by atoms with van der Waals surface area (Å²) >= 11 is 12.9. The van der Waals surface area contributed by atoms with Gasteiger partial charge < -0.3 is 9.88 Å². The molecule has 4 rings (SSSR count). The molecule has 0 saturated carbocycles. The van der Waals surface area contributed by atoms with E-state index >= 15 is 0 Å². The molecule has 144 valence electrons. The lowest BCUT2D eigenvalue weighted by Gasteiger charge is -2.11. The van der Waals surface area contributed by atoms with Crippen LogP contribution in [0.3, 0.4) is 0 Å². The number of anilines is 2. The van der Waals surface area contributed by atoms with Gasteiger partial charge in [-0.15, -0.1) is 0 Å². The molecule has 3 heterocycles. The molecule has 1 N–H and O–H groups in total. The van der Waals surface area contributed by atoms with Crippen LogP contribution in [0.5, 0.6) is 0 Å². The summed E-state index contributed by atoms with van der Waals surface area (Å²) in [6.07, 6.45) is 4.23. The number of pyridine rings is 2. The lowest BCUT2D eigenvalue weighted by Crippen LogP contribution is -2.01. The molecule has 0 radical (unpaired) electrons. The predicted octanol–water partition coefficient (Wildman–Crippen LogP) is 5.83. The summed E-state index contributed by atoms with van der Waals surface area (Å²) in [6.45, 7) is 2.89. The highest BCUT2D eigenvalue weighted by molar-refractivity contribution is 6.35. The Kier molecular flexibility index (Phi) is 5.34. The number of para-hydroxylation sites is 1. The lowest BCUT2D eigenvalue weighted by atomic mass is 10.2. The quantitative estimate of drug-likeness (QED) is 0.437. The van der Waals surface area contributed by atoms with E-state index in [9.17, 15) is 0 Å². The molecule has 0 aliphatic carbocycles. The number of halogens is 2. The van der Waals surface area contributed by atoms with Crippen LogP contribution in [0.25, 0.3) is 22.4 Å². The van der Waals surface area contributed by atoms with Crippen LogP contribution in [-0.2, 0) is 6.54 Å². The van der Waals surface area contributed by atoms with Crippen LogP contribution in [0.4, 0.5) is 11.5 Å². The van der Waals surface area contributed by atoms with Crippen LogP contribution in [0.15, 0.2) is 48.8 Å². The number of imidazole rings is 1. The Morgan fingerprint density at radius 3 is 2.66 bits per heavy atom. The topological polar surface area (TPSA) is 79.4 Å². The summed E-state index contributed by atoms with van der Waals surface area (Å²) < 4.78 is 2.10. The minimum absolute atomic E-state index is 0.346. The molecule has 6 nitrogen and oxygen atoms in total. The largest absolute Gasteiger partial charge is 0.338 e. The first-order chi connectivity index (χ1) is 14.1. The molecule has 0 bridgehead atoms. The number of rotatable bonds is 5. The monoisotopic (exact) mass is 422 g/mol. The van der Waals surface area contributed by atoms with Gasteiger partial charge >= 0.3 is 0 Å². The number of aryl methyl sites for hydroxylation is 1. The van der Waals surface area contributed by atoms with E-state index in [1.165, 1.54) is 0 Å². The van der Waals surface area contributed by atoms with Crippen molar-refractivity contribution in [1.82, 2.24) is 19.5 Å². The first-order valence-electron chi connectivity index (χ1n) is 9.04. The van der Waals surface area contributed by atoms with Crippen molar-refractivity contribution in [2.45, 2.75) is 19.9 Å². The van der Waals surface area contributed by atoms with Gasteiger partial charge in [-0.3, -0.25) is 0 Å². The molecular formula is C21H16Cl2N6. The molecule has 0 spiro atoms. The van der Waals surface area contributed by atoms with Crippen molar-refractivity contribution >= 4 is 45.7 Å². The minimum atomic E-state index is 0.346. The standard InChI is InChI=1S/C21H16Cl2N6/c1-2-8-29-19-16(22)4-3-5-18(19)28-21(29)13-9-17(23)20(26-11-13)27-15-7-6-14(10-24)25-12-15/h3-7,9,11-12H,2,8H2,1H3,(H,26,27). The Hall–Kier alpha value is -3.14. The smallest absolute Gasteiger partial charge is 0.149 e. The van der Waals surface area contributed by atoms with E-state index in [-0.39, 0.29) is 0 Å². The number of aromatic nitrogens is 4. The maximum absolute atomic E-state index is 8.85. The van der Waals surface area contributed by atoms with E-state index in [2.05, 4.69) is 26.8 Å². The van der Waals surface area contributed by atoms with E-state index in [1.54, 1.807) is 24.5 Å². The summed E-state index contributed by atoms with van der Waals surface area (Å²) in [4.78, 5) is 13.3. The highest BCUT2D eigenvalue weighted by atomic mass is 35.5. The Morgan fingerprint density at radius 1 is 1.10 bits per heavy atom. The first-order valence-corrected chi connectivity index (χ1v) is 9.80. The van der Waals surface area contributed by atoms with Gasteiger partial charge in [0, 0.05) is 18.3 Å². The molecule has 0 saturated heterocycles. The Balaban J connectivity index is 1.71. The second kappa shape index (κ2) is 8.08. The average molecular weight is 423 g/mol. The molecule has 0 aliphatic rings. The SMILES string of the molecule is CCCn1c(-c2cnc(Nc3ccc(C#N)nc3)c(Cl)c2)nc2cccc(Cl)c21. The molecule has 0 unspecified atom stereocenters. The normalized spacial score (nSPS) is 10.8. The highest BCUT2D eigenvalue weighted by Gasteiger charge is 2.16. The lowest BCUT2D eigenvalue weighted by molar-refractivity contribution is 0.704. The second-order valence-electron chi connectivity index (χ2n) is 6.42. The van der Waals surface area contributed by atoms with Gasteiger partial charge in [0.1, 0.15) is 23.4 Å². The molecule has 8 heteroatoms. The third kappa shape index (κ3) is 3.75. The van der Waals surface area contributed by atoms with Crippen LogP contribution >= 0.6 is 23.2 Å². The van der Waals surface area contributed by atoms with E-state index in [0.717, 1.165) is 35.4 Å². The summed E-state index contributed by atoms with van der Waals surface area (Å²) in [6, 6.07) is 12.9. The third-order valence-corrected chi connectivity index (χ3v) is 5.00. The van der Waals surface area contributed by atoms with E-state index in [1.807, 2.05) is 30.3 Å². The fraction of sp³-hybridized carbons (Fsp3) is 0.143. The number of nitrogens with one attached hydrogen (secondary N) is 1. The summed E-state index contributed by atoms with van der Waals surface area (Å²) in [5.74, 6) is 1.27. The van der Waals surface area contributed by atoms with Crippen LogP contribution in [0.2, 0.25) is 10.0 Å². The average Bonchev–Trinajstić information content (AvgIpc) is 3.10. The molecular weight excluding hydrogens is 407 g/mol. The van der Waals surface area contributed by atoms with Crippen molar-refractivity contribution in [2.24, 2.45) is 0 Å². The predicted molar refractivity (Wildman–Crippen MR) is 116 cm³/mol. The Morgan fingerprint density at radius 2 is 1.97 bits per heavy atom. The molecule has 4 aromatic rings. The van der Waals surface area contributed by atoms with Crippen molar-refractivity contribution in [3.63, 3.8) is 0 Å². The molecule has 1 aromatic carbocycles. The molecule has 3 aromatic heterocycles. The number of fused-ring (bicyclic) bond motifs is 1. The molecule has 29 heavy (non-hydrogen) atoms. The maximum atomic E-state index is 8.85. The molecule has 0 aliphatic heterocycles. The van der Waals surface area contributed by atoms with Crippen LogP contribution in [-0.4, -0.2) is 19.5 Å². The zero-order valence-corrected chi connectivity index (χ0v) is 17.0. The van der Waals surface area contributed by atoms with Crippen LogP contribution in [0.1, 0.15) is 19.0 Å². The van der Waals surface area contributed by atoms with Gasteiger partial charge in [0.25, 0.3) is 0 Å². The third-order valence-electron chi connectivity index (χ3n) is 4.40. The summed E-state index contributed by atoms with van der Waals surface area (Å²) in [5.41, 5.74) is 3.59. The highest BCUT2D eigenvalue weighted by Crippen LogP contribution is 2.32. The van der Waals surface area contributed by atoms with Crippen molar-refractivity contribution in [3.05, 3.63) is 64.5 Å². The second-order valence-corrected chi connectivity index (χ2v) is 7.23. The van der Waals surface area contributed by atoms with E-state index in [4.69, 9.17) is 33.4 Å². The first kappa shape index (κ1) is 19.2. The van der Waals surface area contributed by atoms with Crippen molar-refractivity contribution in [1.29, 1.82) is 5.26 Å². The fourth-order valence-corrected chi connectivity index (χ4v) is 3.61. The van der Waals surface area contributed by atoms with Crippen LogP contribution in [0, 0.1) is 11.3 Å². The van der Waals surface area contributed by atoms with Gasteiger partial charge in [0.05, 0.1) is 33.0 Å². The van der Waals surface area contributed by atoms with Gasteiger partial charge in [0.15, 0.2) is 0 Å². The van der Waals surface area contributed by atoms with Crippen LogP contribution < -0.4 is 5.32 Å². The molecule has 0 atom stereocenters. The van der Waals surface area contributed by atoms with E-state index < -0.39 is 0 Å². The Labute approximate surface area is 177 Å². The fourth-order valence-electron chi connectivity index (χ4n) is 3.13. The Bertz CT molecular complexity index is 1220. The van der Waals surface area contributed by atoms with Crippen molar-refractivity contribution < 1.29 is 0 Å². The van der Waals surface area contributed by atoms with Gasteiger partial charge in [0.2, 0.25) is 0 Å². The zero-order valence-electron chi connectivity index (χ0n) is 15.5. The van der Waals surface area contributed by atoms with Gasteiger partial charge in [-0.25, -0.2) is 15.0 Å². The number of hydrogen-bond donors (Lipinski definition) is 1. The van der Waals surface area contributed by atoms with E-state index in [0.29, 0.717) is 27.2 Å². The van der Waals surface area contributed by atoms with Gasteiger partial charge in [-0.1, -0.05) is 36.2 Å². The number of nitriles is 1. The zero-order chi connectivity index (χ0) is 20.4. The maximum Gasteiger partial charge on any atom is 0.149 e. The minimum Gasteiger partial charge on any atom is -0.338 e. The number of hydrogen-bond acceptors (Lipinski definition) is 5. The summed E-state index contributed by atoms with van der Waals surface area (Å²) in [5, 5.41) is 13.1.